The number of hydrogen-bond acceptors (Lipinski definition) is 2. The van der Waals surface area contributed by atoms with Gasteiger partial charge in [0.15, 0.2) is 0 Å². The summed E-state index contributed by atoms with van der Waals surface area (Å²) in [5, 5.41) is 7.24. The fourth-order valence-corrected chi connectivity index (χ4v) is 8.71. The highest BCUT2D eigenvalue weighted by Crippen LogP contribution is 2.45. The third-order valence-corrected chi connectivity index (χ3v) is 11.3. The maximum atomic E-state index is 4.86. The molecular weight excluding hydrogens is 691 g/mol. The van der Waals surface area contributed by atoms with Gasteiger partial charge in [0.05, 0.1) is 5.52 Å². The maximum absolute atomic E-state index is 4.86. The van der Waals surface area contributed by atoms with Gasteiger partial charge in [-0.1, -0.05) is 133 Å². The smallest absolute Gasteiger partial charge is 0.145 e. The fraction of sp³-hybridized carbons (Fsp3) is 0. The summed E-state index contributed by atoms with van der Waals surface area (Å²) >= 11 is 0. The van der Waals surface area contributed by atoms with Gasteiger partial charge in [0.1, 0.15) is 5.65 Å². The molecule has 11 aromatic rings. The van der Waals surface area contributed by atoms with Crippen molar-refractivity contribution in [1.82, 2.24) is 14.5 Å². The van der Waals surface area contributed by atoms with Crippen molar-refractivity contribution in [2.75, 3.05) is 0 Å². The summed E-state index contributed by atoms with van der Waals surface area (Å²) in [5.74, 6) is 0. The second-order valence-corrected chi connectivity index (χ2v) is 14.6. The first kappa shape index (κ1) is 32.8. The summed E-state index contributed by atoms with van der Waals surface area (Å²) in [5.41, 5.74) is 14.8. The molecule has 0 bridgehead atoms. The molecule has 3 heteroatoms. The van der Waals surface area contributed by atoms with Crippen molar-refractivity contribution in [3.05, 3.63) is 213 Å². The van der Waals surface area contributed by atoms with Gasteiger partial charge in [-0.25, -0.2) is 4.98 Å². The Hall–Kier alpha value is -7.62. The Balaban J connectivity index is 1.11. The zero-order valence-electron chi connectivity index (χ0n) is 31.0. The van der Waals surface area contributed by atoms with Crippen LogP contribution in [0.2, 0.25) is 0 Å². The first-order valence-electron chi connectivity index (χ1n) is 19.4. The van der Waals surface area contributed by atoms with Crippen molar-refractivity contribution in [1.29, 1.82) is 0 Å². The lowest BCUT2D eigenvalue weighted by atomic mass is 9.84. The van der Waals surface area contributed by atoms with Gasteiger partial charge in [0.25, 0.3) is 0 Å². The molecule has 11 rings (SSSR count). The molecule has 0 amide bonds. The van der Waals surface area contributed by atoms with Crippen LogP contribution in [0, 0.1) is 0 Å². The Kier molecular flexibility index (Phi) is 7.82. The summed E-state index contributed by atoms with van der Waals surface area (Å²) in [4.78, 5) is 9.69. The van der Waals surface area contributed by atoms with Gasteiger partial charge in [-0.3, -0.25) is 9.55 Å². The molecule has 0 fully saturated rings. The lowest BCUT2D eigenvalue weighted by Gasteiger charge is -2.19. The highest BCUT2D eigenvalue weighted by atomic mass is 15.0. The van der Waals surface area contributed by atoms with E-state index in [4.69, 9.17) is 9.97 Å². The summed E-state index contributed by atoms with van der Waals surface area (Å²) in [6.07, 6.45) is 5.84. The normalized spacial score (nSPS) is 11.5. The molecule has 0 radical (unpaired) electrons. The van der Waals surface area contributed by atoms with E-state index in [1.54, 1.807) is 0 Å². The summed E-state index contributed by atoms with van der Waals surface area (Å²) in [7, 11) is 0. The SMILES string of the molecule is c1ccc(-c2cc(-c3cncc(-c4ccc5c(c4)c4cccnc4n5-c4ccccc4)c3)cc(-c3c4ccccc4c(-c4ccccc4)c4ccccc34)c2)cc1. The molecule has 0 aliphatic rings. The average Bonchev–Trinajstić information content (AvgIpc) is 3.62. The largest absolute Gasteiger partial charge is 0.294 e. The molecule has 3 aromatic heterocycles. The van der Waals surface area contributed by atoms with Crippen LogP contribution in [0.3, 0.4) is 0 Å². The Morgan fingerprint density at radius 3 is 1.46 bits per heavy atom. The Labute approximate surface area is 330 Å². The molecule has 0 spiro atoms. The molecule has 0 saturated carbocycles. The minimum Gasteiger partial charge on any atom is -0.294 e. The van der Waals surface area contributed by atoms with Crippen molar-refractivity contribution in [2.24, 2.45) is 0 Å². The fourth-order valence-electron chi connectivity index (χ4n) is 8.71. The first-order valence-corrected chi connectivity index (χ1v) is 19.4. The van der Waals surface area contributed by atoms with E-state index in [0.717, 1.165) is 55.4 Å². The quantitative estimate of drug-likeness (QED) is 0.160. The second-order valence-electron chi connectivity index (χ2n) is 14.6. The number of pyridine rings is 2. The van der Waals surface area contributed by atoms with Crippen LogP contribution in [0.1, 0.15) is 0 Å². The van der Waals surface area contributed by atoms with E-state index in [1.165, 1.54) is 49.4 Å². The van der Waals surface area contributed by atoms with E-state index in [9.17, 15) is 0 Å². The highest BCUT2D eigenvalue weighted by molar-refractivity contribution is 6.21. The maximum Gasteiger partial charge on any atom is 0.145 e. The van der Waals surface area contributed by atoms with Crippen LogP contribution in [0.5, 0.6) is 0 Å². The van der Waals surface area contributed by atoms with Crippen LogP contribution in [0.25, 0.3) is 105 Å². The molecule has 57 heavy (non-hydrogen) atoms. The molecule has 0 N–H and O–H groups in total. The summed E-state index contributed by atoms with van der Waals surface area (Å²) < 4.78 is 2.25. The van der Waals surface area contributed by atoms with Crippen LogP contribution in [0.4, 0.5) is 0 Å². The van der Waals surface area contributed by atoms with Gasteiger partial charge >= 0.3 is 0 Å². The predicted octanol–water partition coefficient (Wildman–Crippen LogP) is 14.2. The Morgan fingerprint density at radius 2 is 0.807 bits per heavy atom. The van der Waals surface area contributed by atoms with Gasteiger partial charge in [-0.05, 0) is 127 Å². The van der Waals surface area contributed by atoms with Crippen LogP contribution in [-0.4, -0.2) is 14.5 Å². The molecule has 3 nitrogen and oxygen atoms in total. The minimum absolute atomic E-state index is 0.949. The molecule has 0 atom stereocenters. The lowest BCUT2D eigenvalue weighted by molar-refractivity contribution is 1.14. The van der Waals surface area contributed by atoms with Crippen molar-refractivity contribution in [3.63, 3.8) is 0 Å². The predicted molar refractivity (Wildman–Crippen MR) is 239 cm³/mol. The summed E-state index contributed by atoms with van der Waals surface area (Å²) in [6.45, 7) is 0. The molecular formula is C54H35N3. The molecule has 0 aliphatic heterocycles. The molecule has 0 aliphatic carbocycles. The van der Waals surface area contributed by atoms with E-state index < -0.39 is 0 Å². The van der Waals surface area contributed by atoms with Crippen molar-refractivity contribution in [2.45, 2.75) is 0 Å². The van der Waals surface area contributed by atoms with Crippen molar-refractivity contribution >= 4 is 43.5 Å². The first-order chi connectivity index (χ1) is 28.3. The lowest BCUT2D eigenvalue weighted by Crippen LogP contribution is -1.94. The van der Waals surface area contributed by atoms with E-state index in [1.807, 2.05) is 30.7 Å². The van der Waals surface area contributed by atoms with Gasteiger partial charge in [0.2, 0.25) is 0 Å². The molecule has 0 unspecified atom stereocenters. The van der Waals surface area contributed by atoms with E-state index >= 15 is 0 Å². The van der Waals surface area contributed by atoms with Gasteiger partial charge in [-0.15, -0.1) is 0 Å². The number of hydrogen-bond donors (Lipinski definition) is 0. The number of nitrogens with zero attached hydrogens (tertiary/aromatic N) is 3. The molecule has 0 saturated heterocycles. The van der Waals surface area contributed by atoms with Crippen molar-refractivity contribution < 1.29 is 0 Å². The van der Waals surface area contributed by atoms with Crippen molar-refractivity contribution in [3.8, 4) is 61.3 Å². The molecule has 3 heterocycles. The summed E-state index contributed by atoms with van der Waals surface area (Å²) in [6, 6.07) is 69.9. The van der Waals surface area contributed by atoms with Crippen LogP contribution in [-0.2, 0) is 0 Å². The third-order valence-electron chi connectivity index (χ3n) is 11.3. The number of benzene rings is 8. The van der Waals surface area contributed by atoms with Gasteiger partial charge in [0, 0.05) is 46.2 Å². The standard InChI is InChI=1S/C54H35N3/c1-4-15-36(16-5-1)39-29-40(31-41(30-39)53-47-23-12-10-21-45(47)52(37-17-6-2-7-18-37)46-22-11-13-24-48(46)53)43-32-42(34-55-35-43)38-26-27-51-50(33-38)49-25-14-28-56-54(49)57(51)44-19-8-3-9-20-44/h1-35H. The molecule has 8 aromatic carbocycles. The van der Waals surface area contributed by atoms with E-state index in [0.29, 0.717) is 0 Å². The zero-order valence-corrected chi connectivity index (χ0v) is 31.0. The monoisotopic (exact) mass is 725 g/mol. The van der Waals surface area contributed by atoms with Crippen LogP contribution >= 0.6 is 0 Å². The topological polar surface area (TPSA) is 30.7 Å². The third kappa shape index (κ3) is 5.60. The van der Waals surface area contributed by atoms with E-state index in [-0.39, 0.29) is 0 Å². The number of aromatic nitrogens is 3. The number of para-hydroxylation sites is 1. The minimum atomic E-state index is 0.949. The van der Waals surface area contributed by atoms with Gasteiger partial charge in [-0.2, -0.15) is 0 Å². The number of fused-ring (bicyclic) bond motifs is 5. The highest BCUT2D eigenvalue weighted by Gasteiger charge is 2.19. The molecule has 266 valence electrons. The Bertz CT molecular complexity index is 3220. The number of rotatable bonds is 6. The van der Waals surface area contributed by atoms with Crippen LogP contribution < -0.4 is 0 Å². The van der Waals surface area contributed by atoms with E-state index in [2.05, 4.69) is 187 Å². The van der Waals surface area contributed by atoms with Crippen LogP contribution in [0.15, 0.2) is 213 Å². The second kappa shape index (κ2) is 13.6. The zero-order chi connectivity index (χ0) is 37.7. The Morgan fingerprint density at radius 1 is 0.316 bits per heavy atom. The average molecular weight is 726 g/mol. The van der Waals surface area contributed by atoms with Gasteiger partial charge < -0.3 is 0 Å².